The number of anilines is 1. The van der Waals surface area contributed by atoms with E-state index in [-0.39, 0.29) is 5.97 Å². The van der Waals surface area contributed by atoms with Gasteiger partial charge in [-0.2, -0.15) is 0 Å². The Morgan fingerprint density at radius 2 is 2.21 bits per heavy atom. The number of carbonyl (C=O) groups excluding carboxylic acids is 1. The van der Waals surface area contributed by atoms with Gasteiger partial charge in [-0.05, 0) is 55.6 Å². The molecule has 0 amide bonds. The first-order chi connectivity index (χ1) is 9.15. The fourth-order valence-corrected chi connectivity index (χ4v) is 3.80. The van der Waals surface area contributed by atoms with Crippen LogP contribution in [0.2, 0.25) is 0 Å². The van der Waals surface area contributed by atoms with Crippen molar-refractivity contribution in [3.63, 3.8) is 0 Å². The van der Waals surface area contributed by atoms with Crippen LogP contribution in [0.4, 0.5) is 5.69 Å². The van der Waals surface area contributed by atoms with Gasteiger partial charge in [0.05, 0.1) is 12.2 Å². The van der Waals surface area contributed by atoms with Crippen LogP contribution in [0.1, 0.15) is 41.6 Å². The zero-order valence-corrected chi connectivity index (χ0v) is 11.4. The number of fused-ring (bicyclic) bond motifs is 2. The van der Waals surface area contributed by atoms with Gasteiger partial charge in [-0.25, -0.2) is 4.79 Å². The Morgan fingerprint density at radius 1 is 1.37 bits per heavy atom. The Hall–Kier alpha value is -1.51. The zero-order valence-electron chi connectivity index (χ0n) is 11.4. The van der Waals surface area contributed by atoms with E-state index in [2.05, 4.69) is 0 Å². The lowest BCUT2D eigenvalue weighted by molar-refractivity contribution is 0.0394. The highest BCUT2D eigenvalue weighted by atomic mass is 16.5. The van der Waals surface area contributed by atoms with Crippen molar-refractivity contribution in [3.05, 3.63) is 29.3 Å². The maximum absolute atomic E-state index is 12.1. The van der Waals surface area contributed by atoms with E-state index in [1.165, 1.54) is 25.7 Å². The summed E-state index contributed by atoms with van der Waals surface area (Å²) in [6.07, 6.45) is 5.27. The fourth-order valence-electron chi connectivity index (χ4n) is 3.80. The van der Waals surface area contributed by atoms with Crippen molar-refractivity contribution in [3.8, 4) is 0 Å². The summed E-state index contributed by atoms with van der Waals surface area (Å²) in [7, 11) is 0. The lowest BCUT2D eigenvalue weighted by Crippen LogP contribution is -2.20. The standard InChI is InChI=1S/C16H21NO2/c1-10-3-2-4-14(17)15(10)16(18)19-9-13-8-11-5-6-12(13)7-11/h2-4,11-13H,5-9,17H2,1H3. The zero-order chi connectivity index (χ0) is 13.4. The molecule has 3 atom stereocenters. The molecule has 0 aliphatic heterocycles. The molecule has 3 heteroatoms. The SMILES string of the molecule is Cc1cccc(N)c1C(=O)OCC1CC2CCC1C2. The van der Waals surface area contributed by atoms with E-state index in [1.807, 2.05) is 19.1 Å². The van der Waals surface area contributed by atoms with E-state index in [1.54, 1.807) is 6.07 Å². The third kappa shape index (κ3) is 2.34. The van der Waals surface area contributed by atoms with Crippen molar-refractivity contribution in [2.75, 3.05) is 12.3 Å². The van der Waals surface area contributed by atoms with Crippen LogP contribution in [0.5, 0.6) is 0 Å². The molecule has 0 aromatic heterocycles. The predicted molar refractivity (Wildman–Crippen MR) is 74.8 cm³/mol. The van der Waals surface area contributed by atoms with Gasteiger partial charge in [-0.15, -0.1) is 0 Å². The molecule has 102 valence electrons. The molecule has 0 heterocycles. The van der Waals surface area contributed by atoms with E-state index in [0.717, 1.165) is 17.4 Å². The van der Waals surface area contributed by atoms with Gasteiger partial charge >= 0.3 is 5.97 Å². The molecule has 19 heavy (non-hydrogen) atoms. The summed E-state index contributed by atoms with van der Waals surface area (Å²) in [5, 5.41) is 0. The van der Waals surface area contributed by atoms with Crippen molar-refractivity contribution in [1.82, 2.24) is 0 Å². The number of nitrogens with two attached hydrogens (primary N) is 1. The summed E-state index contributed by atoms with van der Waals surface area (Å²) >= 11 is 0. The van der Waals surface area contributed by atoms with Crippen LogP contribution >= 0.6 is 0 Å². The minimum atomic E-state index is -0.265. The molecule has 2 saturated carbocycles. The van der Waals surface area contributed by atoms with Gasteiger partial charge in [0.1, 0.15) is 0 Å². The van der Waals surface area contributed by atoms with Crippen LogP contribution in [-0.4, -0.2) is 12.6 Å². The largest absolute Gasteiger partial charge is 0.462 e. The Morgan fingerprint density at radius 3 is 2.84 bits per heavy atom. The molecule has 2 aliphatic rings. The van der Waals surface area contributed by atoms with E-state index in [4.69, 9.17) is 10.5 Å². The first-order valence-electron chi connectivity index (χ1n) is 7.17. The number of carbonyl (C=O) groups is 1. The molecule has 0 spiro atoms. The minimum absolute atomic E-state index is 0.265. The van der Waals surface area contributed by atoms with Crippen molar-refractivity contribution < 1.29 is 9.53 Å². The molecular formula is C16H21NO2. The van der Waals surface area contributed by atoms with E-state index in [0.29, 0.717) is 23.8 Å². The van der Waals surface area contributed by atoms with Crippen LogP contribution in [-0.2, 0) is 4.74 Å². The monoisotopic (exact) mass is 259 g/mol. The third-order valence-electron chi connectivity index (χ3n) is 4.82. The molecule has 3 unspecified atom stereocenters. The quantitative estimate of drug-likeness (QED) is 0.670. The topological polar surface area (TPSA) is 52.3 Å². The minimum Gasteiger partial charge on any atom is -0.462 e. The average Bonchev–Trinajstić information content (AvgIpc) is 2.98. The van der Waals surface area contributed by atoms with E-state index >= 15 is 0 Å². The Kier molecular flexibility index (Phi) is 3.21. The molecule has 3 rings (SSSR count). The smallest absolute Gasteiger partial charge is 0.340 e. The van der Waals surface area contributed by atoms with Crippen molar-refractivity contribution in [2.24, 2.45) is 17.8 Å². The summed E-state index contributed by atoms with van der Waals surface area (Å²) in [5.41, 5.74) is 7.80. The number of hydrogen-bond donors (Lipinski definition) is 1. The van der Waals surface area contributed by atoms with Crippen LogP contribution in [0.3, 0.4) is 0 Å². The van der Waals surface area contributed by atoms with Gasteiger partial charge in [-0.3, -0.25) is 0 Å². The second-order valence-corrected chi connectivity index (χ2v) is 6.07. The average molecular weight is 259 g/mol. The number of esters is 1. The molecular weight excluding hydrogens is 238 g/mol. The van der Waals surface area contributed by atoms with Gasteiger partial charge in [0.2, 0.25) is 0 Å². The summed E-state index contributed by atoms with van der Waals surface area (Å²) in [4.78, 5) is 12.1. The lowest BCUT2D eigenvalue weighted by Gasteiger charge is -2.21. The highest BCUT2D eigenvalue weighted by molar-refractivity contribution is 5.96. The molecule has 2 bridgehead atoms. The Balaban J connectivity index is 1.63. The van der Waals surface area contributed by atoms with E-state index in [9.17, 15) is 4.79 Å². The molecule has 1 aromatic rings. The third-order valence-corrected chi connectivity index (χ3v) is 4.82. The fraction of sp³-hybridized carbons (Fsp3) is 0.562. The van der Waals surface area contributed by atoms with Gasteiger partial charge in [0.15, 0.2) is 0 Å². The maximum Gasteiger partial charge on any atom is 0.340 e. The maximum atomic E-state index is 12.1. The number of rotatable bonds is 3. The first kappa shape index (κ1) is 12.5. The summed E-state index contributed by atoms with van der Waals surface area (Å²) in [6.45, 7) is 2.46. The number of nitrogen functional groups attached to an aromatic ring is 1. The molecule has 2 N–H and O–H groups in total. The number of ether oxygens (including phenoxy) is 1. The Labute approximate surface area is 114 Å². The molecule has 3 nitrogen and oxygen atoms in total. The van der Waals surface area contributed by atoms with Gasteiger partial charge in [0, 0.05) is 5.69 Å². The lowest BCUT2D eigenvalue weighted by atomic mass is 9.89. The molecule has 2 aliphatic carbocycles. The van der Waals surface area contributed by atoms with Crippen molar-refractivity contribution in [1.29, 1.82) is 0 Å². The molecule has 1 aromatic carbocycles. The van der Waals surface area contributed by atoms with Crippen molar-refractivity contribution in [2.45, 2.75) is 32.6 Å². The highest BCUT2D eigenvalue weighted by Gasteiger charge is 2.39. The van der Waals surface area contributed by atoms with Crippen LogP contribution in [0, 0.1) is 24.7 Å². The first-order valence-corrected chi connectivity index (χ1v) is 7.17. The summed E-state index contributed by atoms with van der Waals surface area (Å²) in [6, 6.07) is 5.50. The Bertz CT molecular complexity index is 477. The van der Waals surface area contributed by atoms with Crippen molar-refractivity contribution >= 4 is 11.7 Å². The normalized spacial score (nSPS) is 28.6. The van der Waals surface area contributed by atoms with Gasteiger partial charge < -0.3 is 10.5 Å². The van der Waals surface area contributed by atoms with Crippen LogP contribution < -0.4 is 5.73 Å². The van der Waals surface area contributed by atoms with Crippen LogP contribution in [0.25, 0.3) is 0 Å². The summed E-state index contributed by atoms with van der Waals surface area (Å²) in [5.74, 6) is 1.98. The summed E-state index contributed by atoms with van der Waals surface area (Å²) < 4.78 is 5.51. The molecule has 0 radical (unpaired) electrons. The van der Waals surface area contributed by atoms with Gasteiger partial charge in [0.25, 0.3) is 0 Å². The number of hydrogen-bond acceptors (Lipinski definition) is 3. The second-order valence-electron chi connectivity index (χ2n) is 6.07. The van der Waals surface area contributed by atoms with Crippen LogP contribution in [0.15, 0.2) is 18.2 Å². The number of aryl methyl sites for hydroxylation is 1. The predicted octanol–water partition coefficient (Wildman–Crippen LogP) is 3.17. The molecule has 0 saturated heterocycles. The molecule has 2 fully saturated rings. The van der Waals surface area contributed by atoms with Gasteiger partial charge in [-0.1, -0.05) is 18.6 Å². The number of benzene rings is 1. The van der Waals surface area contributed by atoms with E-state index < -0.39 is 0 Å². The highest BCUT2D eigenvalue weighted by Crippen LogP contribution is 2.48. The second kappa shape index (κ2) is 4.87.